The molecule has 0 aliphatic rings. The molecule has 0 radical (unpaired) electrons. The number of hydrogen-bond acceptors (Lipinski definition) is 3. The number of aromatic nitrogens is 1. The Hall–Kier alpha value is -1.10. The molecule has 100 valence electrons. The first-order valence-corrected chi connectivity index (χ1v) is 7.16. The van der Waals surface area contributed by atoms with Crippen LogP contribution in [0.4, 0.5) is 0 Å². The number of rotatable bonds is 3. The van der Waals surface area contributed by atoms with E-state index in [1.54, 1.807) is 18.2 Å². The molecule has 0 saturated carbocycles. The largest absolute Gasteiger partial charge is 0.477 e. The number of carboxylic acid groups (broad SMARTS) is 1. The summed E-state index contributed by atoms with van der Waals surface area (Å²) in [5.41, 5.74) is 1.11. The summed E-state index contributed by atoms with van der Waals surface area (Å²) >= 11 is 13.0. The molecule has 19 heavy (non-hydrogen) atoms. The van der Waals surface area contributed by atoms with Crippen LogP contribution in [-0.4, -0.2) is 16.1 Å². The molecule has 0 fully saturated rings. The van der Waals surface area contributed by atoms with E-state index >= 15 is 0 Å². The summed E-state index contributed by atoms with van der Waals surface area (Å²) in [7, 11) is 0. The van der Waals surface area contributed by atoms with Gasteiger partial charge in [-0.1, -0.05) is 43.1 Å². The molecule has 0 aliphatic carbocycles. The van der Waals surface area contributed by atoms with Crippen molar-refractivity contribution in [3.63, 3.8) is 0 Å². The van der Waals surface area contributed by atoms with Crippen molar-refractivity contribution in [3.05, 3.63) is 38.1 Å². The lowest BCUT2D eigenvalue weighted by Crippen LogP contribution is -1.95. The summed E-state index contributed by atoms with van der Waals surface area (Å²) in [5.74, 6) is -0.801. The number of nitrogens with zero attached hydrogens (tertiary/aromatic N) is 1. The Labute approximate surface area is 124 Å². The van der Waals surface area contributed by atoms with Gasteiger partial charge in [-0.3, -0.25) is 0 Å². The minimum absolute atomic E-state index is 0.180. The standard InChI is InChI=1S/C13H11Cl2NO2S/c1-6(2)12-16-10(11(19-12)13(17)18)7-3-4-8(14)9(15)5-7/h3-6H,1-2H3,(H,17,18). The first-order valence-electron chi connectivity index (χ1n) is 5.59. The van der Waals surface area contributed by atoms with Crippen molar-refractivity contribution < 1.29 is 9.90 Å². The first kappa shape index (κ1) is 14.3. The van der Waals surface area contributed by atoms with Crippen LogP contribution in [0.1, 0.15) is 34.4 Å². The van der Waals surface area contributed by atoms with Crippen molar-refractivity contribution in [2.24, 2.45) is 0 Å². The first-order chi connectivity index (χ1) is 8.90. The summed E-state index contributed by atoms with van der Waals surface area (Å²) in [6.45, 7) is 3.95. The SMILES string of the molecule is CC(C)c1nc(-c2ccc(Cl)c(Cl)c2)c(C(=O)O)s1. The van der Waals surface area contributed by atoms with Gasteiger partial charge in [-0.15, -0.1) is 11.3 Å². The van der Waals surface area contributed by atoms with Gasteiger partial charge in [0.25, 0.3) is 0 Å². The van der Waals surface area contributed by atoms with Crippen LogP contribution in [0.2, 0.25) is 10.0 Å². The quantitative estimate of drug-likeness (QED) is 0.872. The minimum Gasteiger partial charge on any atom is -0.477 e. The van der Waals surface area contributed by atoms with E-state index in [4.69, 9.17) is 23.2 Å². The van der Waals surface area contributed by atoms with Gasteiger partial charge >= 0.3 is 5.97 Å². The molecule has 0 atom stereocenters. The molecule has 6 heteroatoms. The van der Waals surface area contributed by atoms with Gasteiger partial charge in [0.05, 0.1) is 20.7 Å². The van der Waals surface area contributed by atoms with E-state index in [-0.39, 0.29) is 10.8 Å². The van der Waals surface area contributed by atoms with Gasteiger partial charge in [0.2, 0.25) is 0 Å². The molecule has 0 amide bonds. The molecular weight excluding hydrogens is 305 g/mol. The zero-order chi connectivity index (χ0) is 14.2. The van der Waals surface area contributed by atoms with Crippen LogP contribution in [0.15, 0.2) is 18.2 Å². The number of thiazole rings is 1. The molecule has 0 bridgehead atoms. The molecule has 1 N–H and O–H groups in total. The van der Waals surface area contributed by atoms with Crippen molar-refractivity contribution in [1.82, 2.24) is 4.98 Å². The molecule has 1 aromatic heterocycles. The minimum atomic E-state index is -0.981. The van der Waals surface area contributed by atoms with Crippen molar-refractivity contribution >= 4 is 40.5 Å². The fourth-order valence-corrected chi connectivity index (χ4v) is 2.80. The Kier molecular flexibility index (Phi) is 4.13. The summed E-state index contributed by atoms with van der Waals surface area (Å²) in [4.78, 5) is 15.9. The van der Waals surface area contributed by atoms with E-state index < -0.39 is 5.97 Å². The Balaban J connectivity index is 2.59. The van der Waals surface area contributed by atoms with E-state index in [9.17, 15) is 9.90 Å². The van der Waals surface area contributed by atoms with E-state index in [1.165, 1.54) is 11.3 Å². The lowest BCUT2D eigenvalue weighted by molar-refractivity contribution is 0.0702. The maximum atomic E-state index is 11.3. The molecule has 0 aliphatic heterocycles. The molecule has 0 unspecified atom stereocenters. The molecular formula is C13H11Cl2NO2S. The Morgan fingerprint density at radius 1 is 1.32 bits per heavy atom. The Morgan fingerprint density at radius 3 is 2.53 bits per heavy atom. The van der Waals surface area contributed by atoms with Gasteiger partial charge in [0, 0.05) is 11.5 Å². The van der Waals surface area contributed by atoms with Crippen molar-refractivity contribution in [2.45, 2.75) is 19.8 Å². The summed E-state index contributed by atoms with van der Waals surface area (Å²) in [6.07, 6.45) is 0. The molecule has 0 spiro atoms. The predicted octanol–water partition coefficient (Wildman–Crippen LogP) is 4.94. The maximum absolute atomic E-state index is 11.3. The van der Waals surface area contributed by atoms with Crippen molar-refractivity contribution in [1.29, 1.82) is 0 Å². The van der Waals surface area contributed by atoms with Crippen LogP contribution in [0, 0.1) is 0 Å². The van der Waals surface area contributed by atoms with Crippen LogP contribution in [0.25, 0.3) is 11.3 Å². The summed E-state index contributed by atoms with van der Waals surface area (Å²) in [5, 5.41) is 10.9. The van der Waals surface area contributed by atoms with Gasteiger partial charge < -0.3 is 5.11 Å². The molecule has 0 saturated heterocycles. The third-order valence-electron chi connectivity index (χ3n) is 2.52. The smallest absolute Gasteiger partial charge is 0.348 e. The highest BCUT2D eigenvalue weighted by Gasteiger charge is 2.20. The highest BCUT2D eigenvalue weighted by atomic mass is 35.5. The van der Waals surface area contributed by atoms with E-state index in [2.05, 4.69) is 4.98 Å². The third-order valence-corrected chi connectivity index (χ3v) is 4.61. The second-order valence-corrected chi connectivity index (χ2v) is 6.16. The van der Waals surface area contributed by atoms with Crippen molar-refractivity contribution in [3.8, 4) is 11.3 Å². The van der Waals surface area contributed by atoms with Crippen molar-refractivity contribution in [2.75, 3.05) is 0 Å². The molecule has 1 aromatic carbocycles. The summed E-state index contributed by atoms with van der Waals surface area (Å²) in [6, 6.07) is 4.99. The van der Waals surface area contributed by atoms with Crippen LogP contribution in [0.3, 0.4) is 0 Å². The Bertz CT molecular complexity index is 638. The number of halogens is 2. The normalized spacial score (nSPS) is 11.0. The molecule has 1 heterocycles. The van der Waals surface area contributed by atoms with Crippen LogP contribution >= 0.6 is 34.5 Å². The second kappa shape index (κ2) is 5.49. The lowest BCUT2D eigenvalue weighted by atomic mass is 10.1. The number of hydrogen-bond donors (Lipinski definition) is 1. The fraction of sp³-hybridized carbons (Fsp3) is 0.231. The second-order valence-electron chi connectivity index (χ2n) is 4.32. The van der Waals surface area contributed by atoms with Gasteiger partial charge in [0.1, 0.15) is 4.88 Å². The average molecular weight is 316 g/mol. The van der Waals surface area contributed by atoms with Crippen LogP contribution < -0.4 is 0 Å². The highest BCUT2D eigenvalue weighted by Crippen LogP contribution is 2.34. The van der Waals surface area contributed by atoms with E-state index in [1.807, 2.05) is 13.8 Å². The third kappa shape index (κ3) is 2.91. The Morgan fingerprint density at radius 2 is 2.00 bits per heavy atom. The topological polar surface area (TPSA) is 50.2 Å². The zero-order valence-electron chi connectivity index (χ0n) is 10.3. The number of carbonyl (C=O) groups is 1. The van der Waals surface area contributed by atoms with Gasteiger partial charge in [0.15, 0.2) is 0 Å². The zero-order valence-corrected chi connectivity index (χ0v) is 12.6. The van der Waals surface area contributed by atoms with E-state index in [0.29, 0.717) is 21.3 Å². The van der Waals surface area contributed by atoms with E-state index in [0.717, 1.165) is 5.01 Å². The summed E-state index contributed by atoms with van der Waals surface area (Å²) < 4.78 is 0. The molecule has 2 rings (SSSR count). The monoisotopic (exact) mass is 315 g/mol. The average Bonchev–Trinajstić information content (AvgIpc) is 2.78. The predicted molar refractivity (Wildman–Crippen MR) is 78.6 cm³/mol. The number of aromatic carboxylic acids is 1. The van der Waals surface area contributed by atoms with Gasteiger partial charge in [-0.2, -0.15) is 0 Å². The number of benzene rings is 1. The van der Waals surface area contributed by atoms with Crippen LogP contribution in [0.5, 0.6) is 0 Å². The highest BCUT2D eigenvalue weighted by molar-refractivity contribution is 7.14. The fourth-order valence-electron chi connectivity index (χ4n) is 1.57. The maximum Gasteiger partial charge on any atom is 0.348 e. The van der Waals surface area contributed by atoms with Gasteiger partial charge in [-0.05, 0) is 12.1 Å². The number of carboxylic acids is 1. The molecule has 3 nitrogen and oxygen atoms in total. The van der Waals surface area contributed by atoms with Gasteiger partial charge in [-0.25, -0.2) is 9.78 Å². The lowest BCUT2D eigenvalue weighted by Gasteiger charge is -2.01. The van der Waals surface area contributed by atoms with Crippen LogP contribution in [-0.2, 0) is 0 Å². The molecule has 2 aromatic rings.